The molecule has 1 amide bonds. The quantitative estimate of drug-likeness (QED) is 0.475. The monoisotopic (exact) mass is 503 g/mol. The third-order valence-electron chi connectivity index (χ3n) is 6.74. The summed E-state index contributed by atoms with van der Waals surface area (Å²) >= 11 is 0. The first-order valence-corrected chi connectivity index (χ1v) is 12.9. The van der Waals surface area contributed by atoms with E-state index in [0.29, 0.717) is 30.3 Å². The number of ether oxygens (including phenoxy) is 1. The molecule has 1 aliphatic heterocycles. The van der Waals surface area contributed by atoms with Gasteiger partial charge in [0, 0.05) is 43.4 Å². The van der Waals surface area contributed by atoms with Crippen LogP contribution in [0.1, 0.15) is 45.6 Å². The van der Waals surface area contributed by atoms with Gasteiger partial charge in [-0.15, -0.1) is 0 Å². The molecule has 4 rings (SSSR count). The van der Waals surface area contributed by atoms with Crippen LogP contribution in [-0.4, -0.2) is 71.3 Å². The van der Waals surface area contributed by atoms with Gasteiger partial charge in [0.2, 0.25) is 5.91 Å². The number of anilines is 1. The van der Waals surface area contributed by atoms with E-state index < -0.39 is 0 Å². The molecule has 3 aromatic heterocycles. The highest BCUT2D eigenvalue weighted by Crippen LogP contribution is 2.32. The van der Waals surface area contributed by atoms with Crippen LogP contribution in [0.15, 0.2) is 36.8 Å². The summed E-state index contributed by atoms with van der Waals surface area (Å²) in [5.41, 5.74) is 2.77. The molecule has 9 nitrogen and oxygen atoms in total. The highest BCUT2D eigenvalue weighted by Gasteiger charge is 2.36. The van der Waals surface area contributed by atoms with Gasteiger partial charge in [-0.2, -0.15) is 10.4 Å². The summed E-state index contributed by atoms with van der Waals surface area (Å²) in [5, 5.41) is 17.3. The largest absolute Gasteiger partial charge is 0.492 e. The summed E-state index contributed by atoms with van der Waals surface area (Å²) in [5.74, 6) is 2.06. The van der Waals surface area contributed by atoms with Gasteiger partial charge in [0.25, 0.3) is 0 Å². The summed E-state index contributed by atoms with van der Waals surface area (Å²) in [7, 11) is 4.11. The Morgan fingerprint density at radius 2 is 2.03 bits per heavy atom. The average molecular weight is 504 g/mol. The second kappa shape index (κ2) is 11.2. The number of fused-ring (bicyclic) bond motifs is 1. The lowest BCUT2D eigenvalue weighted by Gasteiger charge is -2.44. The van der Waals surface area contributed by atoms with Crippen LogP contribution in [0.5, 0.6) is 5.75 Å². The highest BCUT2D eigenvalue weighted by atomic mass is 16.5. The Kier molecular flexibility index (Phi) is 7.98. The molecule has 0 bridgehead atoms. The molecule has 0 spiro atoms. The number of aromatic nitrogens is 3. The van der Waals surface area contributed by atoms with Crippen molar-refractivity contribution in [3.05, 3.63) is 42.4 Å². The summed E-state index contributed by atoms with van der Waals surface area (Å²) in [4.78, 5) is 21.8. The van der Waals surface area contributed by atoms with E-state index in [9.17, 15) is 10.1 Å². The second-order valence-corrected chi connectivity index (χ2v) is 10.5. The molecule has 9 heteroatoms. The maximum Gasteiger partial charge on any atom is 0.220 e. The fourth-order valence-electron chi connectivity index (χ4n) is 5.19. The minimum Gasteiger partial charge on any atom is -0.492 e. The molecule has 0 radical (unpaired) electrons. The number of carbonyl (C=O) groups excluding carboxylic acids is 1. The molecule has 0 unspecified atom stereocenters. The van der Waals surface area contributed by atoms with Crippen LogP contribution >= 0.6 is 0 Å². The van der Waals surface area contributed by atoms with E-state index in [1.807, 2.05) is 31.3 Å². The van der Waals surface area contributed by atoms with Crippen molar-refractivity contribution >= 4 is 17.2 Å². The molecule has 1 aliphatic rings. The average Bonchev–Trinajstić information content (AvgIpc) is 3.26. The molecule has 196 valence electrons. The lowest BCUT2D eigenvalue weighted by atomic mass is 9.86. The molecule has 1 fully saturated rings. The normalized spacial score (nSPS) is 15.2. The number of rotatable bonds is 9. The van der Waals surface area contributed by atoms with Gasteiger partial charge in [0.1, 0.15) is 17.6 Å². The first-order valence-electron chi connectivity index (χ1n) is 12.9. The van der Waals surface area contributed by atoms with Gasteiger partial charge in [-0.05, 0) is 58.0 Å². The first-order chi connectivity index (χ1) is 17.7. The number of nitriles is 1. The predicted octanol–water partition coefficient (Wildman–Crippen LogP) is 3.73. The molecular weight excluding hydrogens is 466 g/mol. The van der Waals surface area contributed by atoms with E-state index in [1.165, 1.54) is 0 Å². The standard InChI is InChI=1S/C28H37N7O2/c1-6-37-23-14-24(27-22(15-29)17-31-35(27)18-23)21-7-8-25(30-16-21)34-11-9-28(10-12-34,19-33(4)5)32-26(36)13-20(2)3/h7-8,14,16-18,20H,6,9-13,19H2,1-5H3,(H,32,36). The third-order valence-corrected chi connectivity index (χ3v) is 6.74. The summed E-state index contributed by atoms with van der Waals surface area (Å²) in [6.07, 6.45) is 7.47. The number of nitrogens with zero attached hydrogens (tertiary/aromatic N) is 6. The van der Waals surface area contributed by atoms with Crippen molar-refractivity contribution in [2.45, 2.75) is 45.6 Å². The lowest BCUT2D eigenvalue weighted by molar-refractivity contribution is -0.124. The smallest absolute Gasteiger partial charge is 0.220 e. The number of piperidine rings is 1. The van der Waals surface area contributed by atoms with Crippen LogP contribution in [0.3, 0.4) is 0 Å². The van der Waals surface area contributed by atoms with Crippen molar-refractivity contribution in [3.63, 3.8) is 0 Å². The number of carbonyl (C=O) groups is 1. The van der Waals surface area contributed by atoms with Crippen LogP contribution in [-0.2, 0) is 4.79 Å². The lowest BCUT2D eigenvalue weighted by Crippen LogP contribution is -2.60. The van der Waals surface area contributed by atoms with E-state index in [4.69, 9.17) is 9.72 Å². The van der Waals surface area contributed by atoms with Crippen LogP contribution in [0.2, 0.25) is 0 Å². The molecule has 37 heavy (non-hydrogen) atoms. The van der Waals surface area contributed by atoms with Gasteiger partial charge in [-0.1, -0.05) is 13.8 Å². The van der Waals surface area contributed by atoms with Crippen molar-refractivity contribution in [2.24, 2.45) is 5.92 Å². The van der Waals surface area contributed by atoms with Gasteiger partial charge < -0.3 is 19.9 Å². The fourth-order valence-corrected chi connectivity index (χ4v) is 5.19. The van der Waals surface area contributed by atoms with Crippen molar-refractivity contribution in [3.8, 4) is 22.9 Å². The van der Waals surface area contributed by atoms with E-state index >= 15 is 0 Å². The van der Waals surface area contributed by atoms with Gasteiger partial charge in [0.05, 0.1) is 35.6 Å². The van der Waals surface area contributed by atoms with Crippen LogP contribution in [0.25, 0.3) is 16.6 Å². The Labute approximate surface area is 219 Å². The Balaban J connectivity index is 1.54. The van der Waals surface area contributed by atoms with Crippen LogP contribution < -0.4 is 15.0 Å². The zero-order valence-corrected chi connectivity index (χ0v) is 22.5. The molecule has 1 N–H and O–H groups in total. The number of nitrogens with one attached hydrogen (secondary N) is 1. The maximum absolute atomic E-state index is 12.6. The number of hydrogen-bond acceptors (Lipinski definition) is 7. The zero-order valence-electron chi connectivity index (χ0n) is 22.5. The van der Waals surface area contributed by atoms with E-state index in [2.05, 4.69) is 54.2 Å². The minimum absolute atomic E-state index is 0.130. The third kappa shape index (κ3) is 6.03. The van der Waals surface area contributed by atoms with E-state index in [1.54, 1.807) is 16.9 Å². The fraction of sp³-hybridized carbons (Fsp3) is 0.500. The number of hydrogen-bond donors (Lipinski definition) is 1. The maximum atomic E-state index is 12.6. The van der Waals surface area contributed by atoms with Gasteiger partial charge >= 0.3 is 0 Å². The SMILES string of the molecule is CCOc1cc(-c2ccc(N3CCC(CN(C)C)(NC(=O)CC(C)C)CC3)nc2)c2c(C#N)cnn2c1. The Hall–Kier alpha value is -3.64. The molecule has 1 saturated heterocycles. The molecule has 3 aromatic rings. The summed E-state index contributed by atoms with van der Waals surface area (Å²) in [6.45, 7) is 9.06. The van der Waals surface area contributed by atoms with Crippen molar-refractivity contribution in [1.29, 1.82) is 5.26 Å². The van der Waals surface area contributed by atoms with Crippen molar-refractivity contribution in [1.82, 2.24) is 24.8 Å². The zero-order chi connectivity index (χ0) is 26.6. The molecule has 0 atom stereocenters. The molecule has 0 saturated carbocycles. The number of pyridine rings is 2. The van der Waals surface area contributed by atoms with Gasteiger partial charge in [-0.3, -0.25) is 4.79 Å². The topological polar surface area (TPSA) is 98.8 Å². The van der Waals surface area contributed by atoms with Crippen molar-refractivity contribution < 1.29 is 9.53 Å². The molecule has 0 aliphatic carbocycles. The molecular formula is C28H37N7O2. The van der Waals surface area contributed by atoms with Crippen LogP contribution in [0.4, 0.5) is 5.82 Å². The predicted molar refractivity (Wildman–Crippen MR) is 145 cm³/mol. The van der Waals surface area contributed by atoms with Gasteiger partial charge in [0.15, 0.2) is 0 Å². The Morgan fingerprint density at radius 3 is 2.62 bits per heavy atom. The van der Waals surface area contributed by atoms with Crippen molar-refractivity contribution in [2.75, 3.05) is 45.2 Å². The number of amides is 1. The minimum atomic E-state index is -0.229. The van der Waals surface area contributed by atoms with Gasteiger partial charge in [-0.25, -0.2) is 9.50 Å². The molecule has 4 heterocycles. The van der Waals surface area contributed by atoms with Crippen LogP contribution in [0, 0.1) is 17.2 Å². The van der Waals surface area contributed by atoms with E-state index in [-0.39, 0.29) is 11.4 Å². The highest BCUT2D eigenvalue weighted by molar-refractivity contribution is 5.85. The summed E-state index contributed by atoms with van der Waals surface area (Å²) < 4.78 is 7.42. The first kappa shape index (κ1) is 26.4. The second-order valence-electron chi connectivity index (χ2n) is 10.5. The summed E-state index contributed by atoms with van der Waals surface area (Å²) in [6, 6.07) is 8.23. The Morgan fingerprint density at radius 1 is 1.27 bits per heavy atom. The number of likely N-dealkylation sites (N-methyl/N-ethyl adjacent to an activating group) is 1. The molecule has 0 aromatic carbocycles. The van der Waals surface area contributed by atoms with E-state index in [0.717, 1.165) is 54.9 Å². The Bertz CT molecular complexity index is 1270.